The fourth-order valence-electron chi connectivity index (χ4n) is 2.53. The molecule has 0 fully saturated rings. The van der Waals surface area contributed by atoms with Crippen LogP contribution in [0, 0.1) is 5.82 Å². The normalized spacial score (nSPS) is 11.9. The van der Waals surface area contributed by atoms with Crippen LogP contribution < -0.4 is 20.4 Å². The Bertz CT molecular complexity index is 1070. The Morgan fingerprint density at radius 3 is 2.69 bits per heavy atom. The predicted octanol–water partition coefficient (Wildman–Crippen LogP) is 3.66. The highest BCUT2D eigenvalue weighted by Crippen LogP contribution is 2.25. The van der Waals surface area contributed by atoms with E-state index in [1.807, 2.05) is 0 Å². The Hall–Kier alpha value is -2.59. The van der Waals surface area contributed by atoms with E-state index in [1.165, 1.54) is 16.8 Å². The molecule has 1 atom stereocenters. The Labute approximate surface area is 178 Å². The van der Waals surface area contributed by atoms with Crippen molar-refractivity contribution in [2.75, 3.05) is 12.4 Å². The number of halogens is 2. The minimum atomic E-state index is -0.638. The number of aromatic amines is 1. The van der Waals surface area contributed by atoms with Crippen LogP contribution in [0.3, 0.4) is 0 Å². The molecule has 29 heavy (non-hydrogen) atoms. The van der Waals surface area contributed by atoms with Crippen LogP contribution in [-0.4, -0.2) is 23.5 Å². The highest BCUT2D eigenvalue weighted by Gasteiger charge is 2.30. The molecule has 1 aromatic heterocycles. The Morgan fingerprint density at radius 2 is 2.07 bits per heavy atom. The van der Waals surface area contributed by atoms with E-state index in [-0.39, 0.29) is 10.7 Å². The third-order valence-corrected chi connectivity index (χ3v) is 5.94. The van der Waals surface area contributed by atoms with Crippen molar-refractivity contribution in [2.45, 2.75) is 23.6 Å². The molecule has 3 aromatic rings. The summed E-state index contributed by atoms with van der Waals surface area (Å²) in [5, 5.41) is 4.67. The van der Waals surface area contributed by atoms with E-state index in [0.29, 0.717) is 22.3 Å². The van der Waals surface area contributed by atoms with Gasteiger partial charge in [0.2, 0.25) is 11.6 Å². The van der Waals surface area contributed by atoms with Crippen LogP contribution in [0.4, 0.5) is 10.1 Å². The molecule has 1 heterocycles. The second kappa shape index (κ2) is 9.27. The lowest BCUT2D eigenvalue weighted by molar-refractivity contribution is -0.704. The first-order valence-electron chi connectivity index (χ1n) is 8.63. The van der Waals surface area contributed by atoms with Gasteiger partial charge in [0.15, 0.2) is 0 Å². The Balaban J connectivity index is 1.82. The number of nitrogens with zero attached hydrogens (tertiary/aromatic N) is 1. The van der Waals surface area contributed by atoms with Gasteiger partial charge in [0, 0.05) is 16.6 Å². The number of hydrogen-bond acceptors (Lipinski definition) is 5. The van der Waals surface area contributed by atoms with Crippen molar-refractivity contribution in [3.63, 3.8) is 0 Å². The molecule has 10 heteroatoms. The van der Waals surface area contributed by atoms with Crippen LogP contribution in [0.25, 0.3) is 5.69 Å². The zero-order valence-electron chi connectivity index (χ0n) is 15.6. The summed E-state index contributed by atoms with van der Waals surface area (Å²) in [6.07, 6.45) is 0.419. The molecule has 0 aliphatic rings. The number of carbonyl (C=O) groups is 1. The average molecular weight is 483 g/mol. The van der Waals surface area contributed by atoms with Crippen molar-refractivity contribution < 1.29 is 23.1 Å². The molecule has 0 aliphatic carbocycles. The summed E-state index contributed by atoms with van der Waals surface area (Å²) in [7, 11) is 1.56. The molecule has 3 rings (SSSR count). The van der Waals surface area contributed by atoms with E-state index >= 15 is 0 Å². The first kappa shape index (κ1) is 21.1. The third kappa shape index (κ3) is 4.88. The van der Waals surface area contributed by atoms with Gasteiger partial charge in [-0.05, 0) is 58.5 Å². The van der Waals surface area contributed by atoms with Gasteiger partial charge in [0.25, 0.3) is 0 Å². The van der Waals surface area contributed by atoms with Gasteiger partial charge in [-0.3, -0.25) is 9.32 Å². The fraction of sp³-hybridized carbons (Fsp3) is 0.211. The van der Waals surface area contributed by atoms with E-state index in [1.54, 1.807) is 44.4 Å². The van der Waals surface area contributed by atoms with Crippen LogP contribution in [0.1, 0.15) is 13.3 Å². The first-order valence-corrected chi connectivity index (χ1v) is 10.3. The monoisotopic (exact) mass is 482 g/mol. The van der Waals surface area contributed by atoms with Gasteiger partial charge in [-0.2, -0.15) is 0 Å². The van der Waals surface area contributed by atoms with E-state index in [2.05, 4.69) is 26.5 Å². The maximum absolute atomic E-state index is 14.0. The molecule has 0 bridgehead atoms. The zero-order valence-corrected chi connectivity index (χ0v) is 18.0. The molecule has 1 amide bonds. The Morgan fingerprint density at radius 1 is 1.34 bits per heavy atom. The molecule has 2 N–H and O–H groups in total. The van der Waals surface area contributed by atoms with Crippen LogP contribution in [0.15, 0.2) is 61.3 Å². The molecule has 0 saturated carbocycles. The van der Waals surface area contributed by atoms with Crippen molar-refractivity contribution in [3.05, 3.63) is 63.2 Å². The highest BCUT2D eigenvalue weighted by molar-refractivity contribution is 9.10. The van der Waals surface area contributed by atoms with Gasteiger partial charge < -0.3 is 10.1 Å². The SMILES string of the molecule is CCC(Sc1c(=O)o[nH][n+]1-c1ccc(OC)cc1)C(=O)Nc1ccc(Br)cc1F. The summed E-state index contributed by atoms with van der Waals surface area (Å²) in [4.78, 5) is 24.9. The van der Waals surface area contributed by atoms with Gasteiger partial charge in [-0.1, -0.05) is 22.9 Å². The molecule has 0 aliphatic heterocycles. The lowest BCUT2D eigenvalue weighted by Crippen LogP contribution is -2.37. The average Bonchev–Trinajstić information content (AvgIpc) is 3.08. The maximum Gasteiger partial charge on any atom is 0.442 e. The van der Waals surface area contributed by atoms with Crippen molar-refractivity contribution in [1.82, 2.24) is 5.27 Å². The topological polar surface area (TPSA) is 88.2 Å². The minimum Gasteiger partial charge on any atom is -0.497 e. The molecule has 2 aromatic carbocycles. The number of rotatable bonds is 7. The van der Waals surface area contributed by atoms with E-state index in [4.69, 9.17) is 9.26 Å². The highest BCUT2D eigenvalue weighted by atomic mass is 79.9. The summed E-state index contributed by atoms with van der Waals surface area (Å²) in [6.45, 7) is 1.81. The number of nitrogens with one attached hydrogen (secondary N) is 2. The fourth-order valence-corrected chi connectivity index (χ4v) is 3.85. The summed E-state index contributed by atoms with van der Waals surface area (Å²) in [5.41, 5.74) is 0.0987. The summed E-state index contributed by atoms with van der Waals surface area (Å²) in [5.74, 6) is -0.306. The van der Waals surface area contributed by atoms with Gasteiger partial charge >= 0.3 is 10.7 Å². The number of benzene rings is 2. The number of hydrogen-bond donors (Lipinski definition) is 2. The summed E-state index contributed by atoms with van der Waals surface area (Å²) < 4.78 is 26.1. The Kier molecular flexibility index (Phi) is 6.75. The number of carbonyl (C=O) groups excluding carboxylic acids is 1. The first-order chi connectivity index (χ1) is 13.9. The second-order valence-electron chi connectivity index (χ2n) is 5.95. The maximum atomic E-state index is 14.0. The molecular weight excluding hydrogens is 465 g/mol. The smallest absolute Gasteiger partial charge is 0.442 e. The second-order valence-corrected chi connectivity index (χ2v) is 8.05. The predicted molar refractivity (Wildman–Crippen MR) is 110 cm³/mol. The zero-order chi connectivity index (χ0) is 21.0. The van der Waals surface area contributed by atoms with Crippen molar-refractivity contribution in [2.24, 2.45) is 0 Å². The van der Waals surface area contributed by atoms with Gasteiger partial charge in [-0.25, -0.2) is 9.18 Å². The van der Waals surface area contributed by atoms with Crippen LogP contribution in [0.2, 0.25) is 0 Å². The number of ether oxygens (including phenoxy) is 1. The summed E-state index contributed by atoms with van der Waals surface area (Å²) >= 11 is 4.22. The molecule has 152 valence electrons. The molecule has 0 spiro atoms. The molecule has 0 saturated heterocycles. The van der Waals surface area contributed by atoms with E-state index < -0.39 is 22.6 Å². The molecular formula is C19H18BrFN3O4S+. The number of H-pyrrole nitrogens is 1. The van der Waals surface area contributed by atoms with E-state index in [0.717, 1.165) is 11.8 Å². The lowest BCUT2D eigenvalue weighted by Gasteiger charge is -2.12. The van der Waals surface area contributed by atoms with E-state index in [9.17, 15) is 14.0 Å². The van der Waals surface area contributed by atoms with Crippen LogP contribution in [0.5, 0.6) is 5.75 Å². The molecule has 1 unspecified atom stereocenters. The number of aromatic nitrogens is 2. The van der Waals surface area contributed by atoms with Crippen molar-refractivity contribution in [3.8, 4) is 11.4 Å². The molecule has 7 nitrogen and oxygen atoms in total. The van der Waals surface area contributed by atoms with Crippen molar-refractivity contribution >= 4 is 39.3 Å². The standard InChI is InChI=1S/C19H17BrFN3O4S/c1-3-16(17(25)22-15-9-4-11(20)10-14(15)21)29-18-19(26)28-23-24(18)12-5-7-13(27-2)8-6-12/h4-10,16H,3H2,1-2H3,(H-,22,23,25,26)/p+1. The number of amides is 1. The summed E-state index contributed by atoms with van der Waals surface area (Å²) in [6, 6.07) is 11.3. The van der Waals surface area contributed by atoms with Gasteiger partial charge in [-0.15, -0.1) is 0 Å². The largest absolute Gasteiger partial charge is 0.497 e. The van der Waals surface area contributed by atoms with Crippen molar-refractivity contribution in [1.29, 1.82) is 0 Å². The quantitative estimate of drug-likeness (QED) is 0.396. The minimum absolute atomic E-state index is 0.0707. The number of methoxy groups -OCH3 is 1. The van der Waals surface area contributed by atoms with Gasteiger partial charge in [0.05, 0.1) is 18.0 Å². The lowest BCUT2D eigenvalue weighted by atomic mass is 10.2. The van der Waals surface area contributed by atoms with Crippen LogP contribution in [-0.2, 0) is 4.79 Å². The van der Waals surface area contributed by atoms with Gasteiger partial charge in [0.1, 0.15) is 11.6 Å². The molecule has 0 radical (unpaired) electrons. The third-order valence-electron chi connectivity index (χ3n) is 4.04. The number of anilines is 1. The van der Waals surface area contributed by atoms with Crippen LogP contribution >= 0.6 is 27.7 Å². The number of thioether (sulfide) groups is 1.